The third-order valence-electron chi connectivity index (χ3n) is 4.53. The van der Waals surface area contributed by atoms with Crippen molar-refractivity contribution in [2.45, 2.75) is 38.8 Å². The number of hydrogen-bond acceptors (Lipinski definition) is 5. The maximum atomic E-state index is 5.96. The molecular formula is C17H21N5O. The number of oxazole rings is 1. The number of nitrogens with zero attached hydrogens (tertiary/aromatic N) is 5. The lowest BCUT2D eigenvalue weighted by molar-refractivity contribution is 0.181. The van der Waals surface area contributed by atoms with E-state index in [1.807, 2.05) is 28.9 Å². The van der Waals surface area contributed by atoms with Gasteiger partial charge >= 0.3 is 0 Å². The van der Waals surface area contributed by atoms with Crippen molar-refractivity contribution in [1.29, 1.82) is 0 Å². The average Bonchev–Trinajstić information content (AvgIpc) is 3.21. The second-order valence-corrected chi connectivity index (χ2v) is 6.09. The van der Waals surface area contributed by atoms with Crippen molar-refractivity contribution < 1.29 is 4.42 Å². The summed E-state index contributed by atoms with van der Waals surface area (Å²) in [5.41, 5.74) is 1.83. The van der Waals surface area contributed by atoms with E-state index in [2.05, 4.69) is 26.9 Å². The molecule has 0 N–H and O–H groups in total. The molecule has 3 heterocycles. The van der Waals surface area contributed by atoms with Crippen LogP contribution >= 0.6 is 0 Å². The van der Waals surface area contributed by atoms with E-state index in [9.17, 15) is 0 Å². The molecule has 1 fully saturated rings. The molecule has 0 bridgehead atoms. The summed E-state index contributed by atoms with van der Waals surface area (Å²) < 4.78 is 7.93. The number of aromatic nitrogens is 4. The Kier molecular flexibility index (Phi) is 3.83. The fourth-order valence-electron chi connectivity index (χ4n) is 3.34. The molecular weight excluding hydrogens is 290 g/mol. The first-order chi connectivity index (χ1) is 11.3. The van der Waals surface area contributed by atoms with Crippen LogP contribution in [0.1, 0.15) is 37.4 Å². The zero-order chi connectivity index (χ0) is 15.6. The first-order valence-electron chi connectivity index (χ1n) is 8.28. The smallest absolute Gasteiger partial charge is 0.199 e. The number of fused-ring (bicyclic) bond motifs is 1. The average molecular weight is 311 g/mol. The highest BCUT2D eigenvalue weighted by Crippen LogP contribution is 2.29. The summed E-state index contributed by atoms with van der Waals surface area (Å²) in [5.74, 6) is 2.26. The highest BCUT2D eigenvalue weighted by molar-refractivity contribution is 5.72. The lowest BCUT2D eigenvalue weighted by Gasteiger charge is -2.30. The van der Waals surface area contributed by atoms with Crippen LogP contribution in [0.15, 0.2) is 35.0 Å². The highest BCUT2D eigenvalue weighted by atomic mass is 16.3. The summed E-state index contributed by atoms with van der Waals surface area (Å²) in [6.45, 7) is 5.84. The molecule has 23 heavy (non-hydrogen) atoms. The van der Waals surface area contributed by atoms with Gasteiger partial charge in [0, 0.05) is 19.0 Å². The van der Waals surface area contributed by atoms with Gasteiger partial charge in [0.15, 0.2) is 11.5 Å². The van der Waals surface area contributed by atoms with Crippen LogP contribution in [0.4, 0.5) is 0 Å². The molecule has 0 amide bonds. The van der Waals surface area contributed by atoms with Gasteiger partial charge < -0.3 is 4.42 Å². The van der Waals surface area contributed by atoms with Gasteiger partial charge in [-0.2, -0.15) is 5.10 Å². The van der Waals surface area contributed by atoms with Gasteiger partial charge in [0.2, 0.25) is 0 Å². The number of hydrogen-bond donors (Lipinski definition) is 0. The van der Waals surface area contributed by atoms with E-state index in [0.717, 1.165) is 61.8 Å². The third-order valence-corrected chi connectivity index (χ3v) is 4.53. The zero-order valence-corrected chi connectivity index (χ0v) is 13.4. The van der Waals surface area contributed by atoms with Crippen molar-refractivity contribution in [2.75, 3.05) is 13.1 Å². The van der Waals surface area contributed by atoms with Gasteiger partial charge in [-0.15, -0.1) is 0 Å². The van der Waals surface area contributed by atoms with Gasteiger partial charge in [0.25, 0.3) is 0 Å². The van der Waals surface area contributed by atoms with Gasteiger partial charge in [-0.3, -0.25) is 4.90 Å². The van der Waals surface area contributed by atoms with Crippen LogP contribution in [0.25, 0.3) is 11.1 Å². The van der Waals surface area contributed by atoms with Crippen LogP contribution in [-0.4, -0.2) is 37.7 Å². The largest absolute Gasteiger partial charge is 0.440 e. The minimum atomic E-state index is 0.356. The molecule has 0 radical (unpaired) electrons. The maximum Gasteiger partial charge on any atom is 0.199 e. The quantitative estimate of drug-likeness (QED) is 0.741. The first kappa shape index (κ1) is 14.4. The Hall–Kier alpha value is -2.21. The van der Waals surface area contributed by atoms with Crippen LogP contribution in [0.5, 0.6) is 0 Å². The van der Waals surface area contributed by atoms with Crippen LogP contribution in [0.2, 0.25) is 0 Å². The number of piperidine rings is 1. The van der Waals surface area contributed by atoms with Gasteiger partial charge in [-0.05, 0) is 38.4 Å². The van der Waals surface area contributed by atoms with E-state index in [-0.39, 0.29) is 0 Å². The molecule has 3 aromatic rings. The fraction of sp³-hybridized carbons (Fsp3) is 0.471. The van der Waals surface area contributed by atoms with Gasteiger partial charge in [-0.25, -0.2) is 14.6 Å². The van der Waals surface area contributed by atoms with Gasteiger partial charge in [0.05, 0.1) is 6.54 Å². The third kappa shape index (κ3) is 2.86. The summed E-state index contributed by atoms with van der Waals surface area (Å²) in [6.07, 6.45) is 3.93. The number of likely N-dealkylation sites (tertiary alicyclic amines) is 1. The van der Waals surface area contributed by atoms with E-state index in [0.29, 0.717) is 5.92 Å². The van der Waals surface area contributed by atoms with Gasteiger partial charge in [-0.1, -0.05) is 12.1 Å². The van der Waals surface area contributed by atoms with Crippen LogP contribution < -0.4 is 0 Å². The summed E-state index contributed by atoms with van der Waals surface area (Å²) in [6, 6.07) is 7.98. The summed E-state index contributed by atoms with van der Waals surface area (Å²) in [7, 11) is 0. The summed E-state index contributed by atoms with van der Waals surface area (Å²) in [4.78, 5) is 11.5. The van der Waals surface area contributed by atoms with Crippen molar-refractivity contribution in [3.8, 4) is 0 Å². The van der Waals surface area contributed by atoms with E-state index in [1.54, 1.807) is 6.33 Å². The van der Waals surface area contributed by atoms with Crippen molar-refractivity contribution in [3.05, 3.63) is 42.3 Å². The molecule has 1 aliphatic rings. The molecule has 1 atom stereocenters. The molecule has 4 rings (SSSR count). The molecule has 120 valence electrons. The second-order valence-electron chi connectivity index (χ2n) is 6.09. The molecule has 1 unspecified atom stereocenters. The Morgan fingerprint density at radius 2 is 2.22 bits per heavy atom. The summed E-state index contributed by atoms with van der Waals surface area (Å²) in [5, 5.41) is 4.25. The highest BCUT2D eigenvalue weighted by Gasteiger charge is 2.26. The number of aryl methyl sites for hydroxylation is 1. The molecule has 1 aromatic carbocycles. The Morgan fingerprint density at radius 3 is 3.09 bits per heavy atom. The second kappa shape index (κ2) is 6.12. The molecule has 0 aliphatic carbocycles. The van der Waals surface area contributed by atoms with Crippen molar-refractivity contribution in [1.82, 2.24) is 24.6 Å². The van der Waals surface area contributed by atoms with E-state index < -0.39 is 0 Å². The topological polar surface area (TPSA) is 60.0 Å². The predicted octanol–water partition coefficient (Wildman–Crippen LogP) is 2.82. The van der Waals surface area contributed by atoms with E-state index in [1.165, 1.54) is 0 Å². The SMILES string of the molecule is CCn1ncnc1CN1CCCC(c2nc3ccccc3o2)C1. The lowest BCUT2D eigenvalue weighted by atomic mass is 9.98. The molecule has 0 spiro atoms. The minimum absolute atomic E-state index is 0.356. The van der Waals surface area contributed by atoms with Crippen molar-refractivity contribution in [3.63, 3.8) is 0 Å². The number of para-hydroxylation sites is 2. The predicted molar refractivity (Wildman–Crippen MR) is 87.0 cm³/mol. The molecule has 6 heteroatoms. The van der Waals surface area contributed by atoms with E-state index in [4.69, 9.17) is 4.42 Å². The first-order valence-corrected chi connectivity index (χ1v) is 8.28. The number of rotatable bonds is 4. The van der Waals surface area contributed by atoms with Crippen LogP contribution in [0.3, 0.4) is 0 Å². The molecule has 1 aliphatic heterocycles. The van der Waals surface area contributed by atoms with E-state index >= 15 is 0 Å². The van der Waals surface area contributed by atoms with Crippen LogP contribution in [0, 0.1) is 0 Å². The zero-order valence-electron chi connectivity index (χ0n) is 13.4. The Bertz CT molecular complexity index is 760. The Morgan fingerprint density at radius 1 is 1.30 bits per heavy atom. The Labute approximate surface area is 135 Å². The molecule has 1 saturated heterocycles. The van der Waals surface area contributed by atoms with Crippen molar-refractivity contribution in [2.24, 2.45) is 0 Å². The molecule has 0 saturated carbocycles. The normalized spacial score (nSPS) is 19.4. The molecule has 6 nitrogen and oxygen atoms in total. The maximum absolute atomic E-state index is 5.96. The summed E-state index contributed by atoms with van der Waals surface area (Å²) >= 11 is 0. The fourth-order valence-corrected chi connectivity index (χ4v) is 3.34. The van der Waals surface area contributed by atoms with Gasteiger partial charge in [0.1, 0.15) is 17.7 Å². The number of benzene rings is 1. The monoisotopic (exact) mass is 311 g/mol. The minimum Gasteiger partial charge on any atom is -0.440 e. The van der Waals surface area contributed by atoms with Crippen LogP contribution in [-0.2, 0) is 13.1 Å². The Balaban J connectivity index is 1.50. The lowest BCUT2D eigenvalue weighted by Crippen LogP contribution is -2.34. The molecule has 2 aromatic heterocycles. The van der Waals surface area contributed by atoms with Crippen molar-refractivity contribution >= 4 is 11.1 Å². The standard InChI is InChI=1S/C17H21N5O/c1-2-22-16(18-12-19-22)11-21-9-5-6-13(10-21)17-20-14-7-3-4-8-15(14)23-17/h3-4,7-8,12-13H,2,5-6,9-11H2,1H3.